The van der Waals surface area contributed by atoms with E-state index in [4.69, 9.17) is 5.73 Å². The molecule has 2 N–H and O–H groups in total. The molecule has 0 aliphatic carbocycles. The van der Waals surface area contributed by atoms with E-state index in [0.717, 1.165) is 37.4 Å². The maximum Gasteiger partial charge on any atom is 0.227 e. The Bertz CT molecular complexity index is 410. The summed E-state index contributed by atoms with van der Waals surface area (Å²) >= 11 is 0. The molecule has 2 atom stereocenters. The Balaban J connectivity index is 1.99. The molecular formula is C16H24N2O. The molecule has 1 heterocycles. The summed E-state index contributed by atoms with van der Waals surface area (Å²) in [7, 11) is 0. The molecule has 0 saturated carbocycles. The summed E-state index contributed by atoms with van der Waals surface area (Å²) in [4.78, 5) is 14.4. The van der Waals surface area contributed by atoms with Gasteiger partial charge in [0.1, 0.15) is 0 Å². The van der Waals surface area contributed by atoms with Crippen LogP contribution in [0.5, 0.6) is 0 Å². The first-order valence-electron chi connectivity index (χ1n) is 7.19. The quantitative estimate of drug-likeness (QED) is 0.908. The van der Waals surface area contributed by atoms with Crippen LogP contribution in [-0.2, 0) is 4.79 Å². The fourth-order valence-electron chi connectivity index (χ4n) is 2.63. The van der Waals surface area contributed by atoms with Gasteiger partial charge in [0.2, 0.25) is 5.91 Å². The van der Waals surface area contributed by atoms with Crippen LogP contribution < -0.4 is 5.73 Å². The Morgan fingerprint density at radius 2 is 1.84 bits per heavy atom. The van der Waals surface area contributed by atoms with E-state index in [1.807, 2.05) is 42.2 Å². The minimum absolute atomic E-state index is 0.157. The van der Waals surface area contributed by atoms with Crippen molar-refractivity contribution in [1.29, 1.82) is 0 Å². The number of piperidine rings is 1. The van der Waals surface area contributed by atoms with Crippen molar-refractivity contribution in [1.82, 2.24) is 4.90 Å². The van der Waals surface area contributed by atoms with Crippen LogP contribution in [0, 0.1) is 11.8 Å². The summed E-state index contributed by atoms with van der Waals surface area (Å²) < 4.78 is 0. The zero-order chi connectivity index (χ0) is 13.8. The number of nitrogens with two attached hydrogens (primary N) is 1. The van der Waals surface area contributed by atoms with E-state index in [1.165, 1.54) is 0 Å². The Kier molecular flexibility index (Phi) is 4.59. The largest absolute Gasteiger partial charge is 0.342 e. The van der Waals surface area contributed by atoms with Crippen LogP contribution in [0.1, 0.15) is 38.3 Å². The lowest BCUT2D eigenvalue weighted by atomic mass is 9.92. The van der Waals surface area contributed by atoms with Gasteiger partial charge < -0.3 is 10.6 Å². The standard InChI is InChI=1S/C16H24N2O/c1-12-8-10-18(11-9-12)16(19)13(2)15(17)14-6-4-3-5-7-14/h3-7,12-13,15H,8-11,17H2,1-2H3. The first-order valence-corrected chi connectivity index (χ1v) is 7.19. The van der Waals surface area contributed by atoms with Gasteiger partial charge in [-0.3, -0.25) is 4.79 Å². The Labute approximate surface area is 115 Å². The van der Waals surface area contributed by atoms with Crippen LogP contribution in [0.15, 0.2) is 30.3 Å². The summed E-state index contributed by atoms with van der Waals surface area (Å²) in [6, 6.07) is 9.67. The van der Waals surface area contributed by atoms with Gasteiger partial charge in [-0.25, -0.2) is 0 Å². The molecule has 0 aromatic heterocycles. The Morgan fingerprint density at radius 3 is 2.42 bits per heavy atom. The van der Waals surface area contributed by atoms with E-state index < -0.39 is 0 Å². The molecule has 1 aliphatic rings. The number of likely N-dealkylation sites (tertiary alicyclic amines) is 1. The molecule has 3 nitrogen and oxygen atoms in total. The van der Waals surface area contributed by atoms with Crippen LogP contribution in [-0.4, -0.2) is 23.9 Å². The second kappa shape index (κ2) is 6.20. The molecule has 1 amide bonds. The molecule has 1 saturated heterocycles. The molecule has 1 aromatic rings. The molecular weight excluding hydrogens is 236 g/mol. The lowest BCUT2D eigenvalue weighted by Crippen LogP contribution is -2.43. The third-order valence-corrected chi connectivity index (χ3v) is 4.21. The predicted molar refractivity (Wildman–Crippen MR) is 77.5 cm³/mol. The first kappa shape index (κ1) is 14.1. The molecule has 2 rings (SSSR count). The third kappa shape index (κ3) is 3.35. The van der Waals surface area contributed by atoms with Gasteiger partial charge in [0.15, 0.2) is 0 Å². The van der Waals surface area contributed by atoms with Gasteiger partial charge in [-0.1, -0.05) is 44.2 Å². The maximum atomic E-state index is 12.5. The van der Waals surface area contributed by atoms with Gasteiger partial charge in [0.05, 0.1) is 5.92 Å². The van der Waals surface area contributed by atoms with E-state index in [2.05, 4.69) is 6.92 Å². The predicted octanol–water partition coefficient (Wildman–Crippen LogP) is 2.58. The number of carbonyl (C=O) groups excluding carboxylic acids is 1. The third-order valence-electron chi connectivity index (χ3n) is 4.21. The average Bonchev–Trinajstić information content (AvgIpc) is 2.46. The van der Waals surface area contributed by atoms with Gasteiger partial charge >= 0.3 is 0 Å². The normalized spacial score (nSPS) is 20.1. The molecule has 0 bridgehead atoms. The molecule has 0 radical (unpaired) electrons. The molecule has 1 aliphatic heterocycles. The number of amides is 1. The van der Waals surface area contributed by atoms with Crippen molar-refractivity contribution in [2.45, 2.75) is 32.7 Å². The summed E-state index contributed by atoms with van der Waals surface area (Å²) in [5, 5.41) is 0. The van der Waals surface area contributed by atoms with Crippen molar-refractivity contribution in [2.24, 2.45) is 17.6 Å². The molecule has 3 heteroatoms. The first-order chi connectivity index (χ1) is 9.09. The molecule has 1 fully saturated rings. The zero-order valence-electron chi connectivity index (χ0n) is 11.9. The fraction of sp³-hybridized carbons (Fsp3) is 0.562. The van der Waals surface area contributed by atoms with Crippen LogP contribution >= 0.6 is 0 Å². The number of hydrogen-bond acceptors (Lipinski definition) is 2. The highest BCUT2D eigenvalue weighted by Gasteiger charge is 2.28. The number of hydrogen-bond donors (Lipinski definition) is 1. The van der Waals surface area contributed by atoms with Crippen LogP contribution in [0.2, 0.25) is 0 Å². The number of carbonyl (C=O) groups is 1. The van der Waals surface area contributed by atoms with E-state index in [1.54, 1.807) is 0 Å². The Hall–Kier alpha value is -1.35. The van der Waals surface area contributed by atoms with Gasteiger partial charge in [-0.05, 0) is 24.3 Å². The highest BCUT2D eigenvalue weighted by atomic mass is 16.2. The van der Waals surface area contributed by atoms with Gasteiger partial charge in [-0.2, -0.15) is 0 Å². The number of nitrogens with zero attached hydrogens (tertiary/aromatic N) is 1. The minimum atomic E-state index is -0.215. The van der Waals surface area contributed by atoms with Crippen molar-refractivity contribution in [3.8, 4) is 0 Å². The van der Waals surface area contributed by atoms with Gasteiger partial charge in [0.25, 0.3) is 0 Å². The summed E-state index contributed by atoms with van der Waals surface area (Å²) in [5.41, 5.74) is 7.26. The SMILES string of the molecule is CC1CCN(C(=O)C(C)C(N)c2ccccc2)CC1. The van der Waals surface area contributed by atoms with Gasteiger partial charge in [0, 0.05) is 19.1 Å². The molecule has 0 spiro atoms. The number of benzene rings is 1. The average molecular weight is 260 g/mol. The van der Waals surface area contributed by atoms with E-state index in [0.29, 0.717) is 0 Å². The van der Waals surface area contributed by atoms with Crippen LogP contribution in [0.3, 0.4) is 0 Å². The molecule has 19 heavy (non-hydrogen) atoms. The number of rotatable bonds is 3. The highest BCUT2D eigenvalue weighted by molar-refractivity contribution is 5.79. The topological polar surface area (TPSA) is 46.3 Å². The van der Waals surface area contributed by atoms with E-state index >= 15 is 0 Å². The van der Waals surface area contributed by atoms with Crippen molar-refractivity contribution in [2.75, 3.05) is 13.1 Å². The zero-order valence-corrected chi connectivity index (χ0v) is 11.9. The highest BCUT2D eigenvalue weighted by Crippen LogP contribution is 2.24. The smallest absolute Gasteiger partial charge is 0.227 e. The van der Waals surface area contributed by atoms with Crippen molar-refractivity contribution >= 4 is 5.91 Å². The Morgan fingerprint density at radius 1 is 1.26 bits per heavy atom. The van der Waals surface area contributed by atoms with Crippen molar-refractivity contribution < 1.29 is 4.79 Å². The van der Waals surface area contributed by atoms with Crippen LogP contribution in [0.4, 0.5) is 0 Å². The second-order valence-corrected chi connectivity index (χ2v) is 5.73. The molecule has 1 aromatic carbocycles. The monoisotopic (exact) mass is 260 g/mol. The van der Waals surface area contributed by atoms with Crippen molar-refractivity contribution in [3.05, 3.63) is 35.9 Å². The maximum absolute atomic E-state index is 12.5. The second-order valence-electron chi connectivity index (χ2n) is 5.73. The van der Waals surface area contributed by atoms with Gasteiger partial charge in [-0.15, -0.1) is 0 Å². The van der Waals surface area contributed by atoms with Crippen molar-refractivity contribution in [3.63, 3.8) is 0 Å². The lowest BCUT2D eigenvalue weighted by Gasteiger charge is -2.33. The van der Waals surface area contributed by atoms with E-state index in [-0.39, 0.29) is 17.9 Å². The minimum Gasteiger partial charge on any atom is -0.342 e. The van der Waals surface area contributed by atoms with Crippen LogP contribution in [0.25, 0.3) is 0 Å². The lowest BCUT2D eigenvalue weighted by molar-refractivity contribution is -0.137. The fourth-order valence-corrected chi connectivity index (χ4v) is 2.63. The molecule has 104 valence electrons. The van der Waals surface area contributed by atoms with E-state index in [9.17, 15) is 4.79 Å². The summed E-state index contributed by atoms with van der Waals surface area (Å²) in [6.07, 6.45) is 2.22. The summed E-state index contributed by atoms with van der Waals surface area (Å²) in [6.45, 7) is 5.96. The summed E-state index contributed by atoms with van der Waals surface area (Å²) in [5.74, 6) is 0.779. The molecule has 2 unspecified atom stereocenters.